The number of hydrogen-bond acceptors (Lipinski definition) is 3. The van der Waals surface area contributed by atoms with Crippen LogP contribution in [0.4, 0.5) is 0 Å². The van der Waals surface area contributed by atoms with Gasteiger partial charge in [-0.3, -0.25) is 20.4 Å². The zero-order valence-electron chi connectivity index (χ0n) is 16.1. The van der Waals surface area contributed by atoms with Gasteiger partial charge in [-0.2, -0.15) is 0 Å². The zero-order valence-corrected chi connectivity index (χ0v) is 16.1. The highest BCUT2D eigenvalue weighted by molar-refractivity contribution is 6.02. The molecule has 0 saturated heterocycles. The molecule has 6 nitrogen and oxygen atoms in total. The van der Waals surface area contributed by atoms with Crippen molar-refractivity contribution in [3.63, 3.8) is 0 Å². The van der Waals surface area contributed by atoms with E-state index in [1.165, 1.54) is 24.1 Å². The number of furan rings is 1. The van der Waals surface area contributed by atoms with Gasteiger partial charge in [-0.15, -0.1) is 0 Å². The fraction of sp³-hybridized carbons (Fsp3) is 0.217. The summed E-state index contributed by atoms with van der Waals surface area (Å²) in [6.45, 7) is 1.82. The highest BCUT2D eigenvalue weighted by Crippen LogP contribution is 2.29. The molecular weight excluding hydrogens is 366 g/mol. The first kappa shape index (κ1) is 17.6. The van der Waals surface area contributed by atoms with Crippen molar-refractivity contribution in [2.45, 2.75) is 32.6 Å². The minimum atomic E-state index is -0.479. The second-order valence-electron chi connectivity index (χ2n) is 7.51. The number of carbonyl (C=O) groups excluding carboxylic acids is 2. The molecule has 0 saturated carbocycles. The lowest BCUT2D eigenvalue weighted by atomic mass is 9.95. The van der Waals surface area contributed by atoms with Crippen molar-refractivity contribution in [1.29, 1.82) is 0 Å². The maximum atomic E-state index is 12.6. The van der Waals surface area contributed by atoms with Gasteiger partial charge >= 0.3 is 5.91 Å². The van der Waals surface area contributed by atoms with Crippen LogP contribution in [0.2, 0.25) is 0 Å². The Labute approximate surface area is 167 Å². The molecule has 1 aliphatic carbocycles. The fourth-order valence-electron chi connectivity index (χ4n) is 4.18. The van der Waals surface area contributed by atoms with Crippen molar-refractivity contribution in [2.75, 3.05) is 0 Å². The predicted octanol–water partition coefficient (Wildman–Crippen LogP) is 4.18. The Morgan fingerprint density at radius 3 is 2.62 bits per heavy atom. The van der Waals surface area contributed by atoms with Crippen LogP contribution in [-0.4, -0.2) is 16.8 Å². The van der Waals surface area contributed by atoms with E-state index in [-0.39, 0.29) is 11.7 Å². The largest absolute Gasteiger partial charge is 0.451 e. The summed E-state index contributed by atoms with van der Waals surface area (Å²) in [5.74, 6) is -0.645. The van der Waals surface area contributed by atoms with Gasteiger partial charge in [0.2, 0.25) is 0 Å². The SMILES string of the molecule is Cc1c(C(=O)NNC(=O)c2ccc3[nH]c4c(c3c2)CCCC4)oc2ccccc12. The standard InChI is InChI=1S/C23H21N3O3/c1-13-15-6-3-5-9-20(15)29-21(13)23(28)26-25-22(27)14-10-11-19-17(12-14)16-7-2-4-8-18(16)24-19/h3,5-6,9-12,24H,2,4,7-8H2,1H3,(H,25,27)(H,26,28). The second kappa shape index (κ2) is 6.81. The number of aryl methyl sites for hydroxylation is 3. The third-order valence-corrected chi connectivity index (χ3v) is 5.70. The first-order chi connectivity index (χ1) is 14.1. The maximum Gasteiger partial charge on any atom is 0.305 e. The van der Waals surface area contributed by atoms with Crippen LogP contribution in [0.15, 0.2) is 46.9 Å². The summed E-state index contributed by atoms with van der Waals surface area (Å²) in [5.41, 5.74) is 10.5. The molecule has 2 aromatic heterocycles. The second-order valence-corrected chi connectivity index (χ2v) is 7.51. The van der Waals surface area contributed by atoms with Crippen molar-refractivity contribution >= 4 is 33.7 Å². The lowest BCUT2D eigenvalue weighted by molar-refractivity contribution is 0.0831. The molecule has 0 radical (unpaired) electrons. The molecule has 6 heteroatoms. The van der Waals surface area contributed by atoms with Gasteiger partial charge in [0.05, 0.1) is 0 Å². The van der Waals surface area contributed by atoms with Crippen molar-refractivity contribution in [3.8, 4) is 0 Å². The Bertz CT molecular complexity index is 1270. The van der Waals surface area contributed by atoms with Gasteiger partial charge in [0.25, 0.3) is 5.91 Å². The first-order valence-corrected chi connectivity index (χ1v) is 9.84. The number of rotatable bonds is 2. The van der Waals surface area contributed by atoms with E-state index >= 15 is 0 Å². The smallest absolute Gasteiger partial charge is 0.305 e. The summed E-state index contributed by atoms with van der Waals surface area (Å²) in [7, 11) is 0. The zero-order chi connectivity index (χ0) is 20.0. The molecule has 29 heavy (non-hydrogen) atoms. The van der Waals surface area contributed by atoms with Gasteiger partial charge in [0, 0.05) is 33.1 Å². The highest BCUT2D eigenvalue weighted by Gasteiger charge is 2.19. The lowest BCUT2D eigenvalue weighted by Crippen LogP contribution is -2.41. The Kier molecular flexibility index (Phi) is 4.12. The van der Waals surface area contributed by atoms with Gasteiger partial charge < -0.3 is 9.40 Å². The van der Waals surface area contributed by atoms with Crippen LogP contribution in [0, 0.1) is 6.92 Å². The highest BCUT2D eigenvalue weighted by atomic mass is 16.3. The Hall–Kier alpha value is -3.54. The number of nitrogens with one attached hydrogen (secondary N) is 3. The number of aromatic amines is 1. The molecule has 0 aliphatic heterocycles. The number of amides is 2. The number of carbonyl (C=O) groups is 2. The van der Waals surface area contributed by atoms with Gasteiger partial charge in [0.1, 0.15) is 5.58 Å². The summed E-state index contributed by atoms with van der Waals surface area (Å²) in [6.07, 6.45) is 4.45. The van der Waals surface area contributed by atoms with Crippen LogP contribution in [0.1, 0.15) is 50.6 Å². The Morgan fingerprint density at radius 2 is 1.76 bits per heavy atom. The number of para-hydroxylation sites is 1. The number of hydrogen-bond donors (Lipinski definition) is 3. The summed E-state index contributed by atoms with van der Waals surface area (Å²) in [5, 5.41) is 1.97. The molecule has 0 spiro atoms. The molecule has 5 rings (SSSR count). The van der Waals surface area contributed by atoms with Crippen LogP contribution < -0.4 is 10.9 Å². The van der Waals surface area contributed by atoms with Gasteiger partial charge in [-0.1, -0.05) is 18.2 Å². The van der Waals surface area contributed by atoms with Gasteiger partial charge in [0.15, 0.2) is 5.76 Å². The van der Waals surface area contributed by atoms with E-state index in [0.717, 1.165) is 34.7 Å². The number of benzene rings is 2. The van der Waals surface area contributed by atoms with Crippen molar-refractivity contribution in [1.82, 2.24) is 15.8 Å². The molecule has 3 N–H and O–H groups in total. The number of fused-ring (bicyclic) bond motifs is 4. The normalized spacial score (nSPS) is 13.4. The lowest BCUT2D eigenvalue weighted by Gasteiger charge is -2.10. The number of H-pyrrole nitrogens is 1. The molecule has 0 unspecified atom stereocenters. The Balaban J connectivity index is 1.35. The third-order valence-electron chi connectivity index (χ3n) is 5.70. The molecule has 0 fully saturated rings. The molecule has 0 atom stereocenters. The third kappa shape index (κ3) is 2.97. The molecule has 4 aromatic rings. The minimum absolute atomic E-state index is 0.196. The van der Waals surface area contributed by atoms with E-state index in [9.17, 15) is 9.59 Å². The maximum absolute atomic E-state index is 12.6. The molecule has 146 valence electrons. The number of aromatic nitrogens is 1. The van der Waals surface area contributed by atoms with E-state index in [4.69, 9.17) is 4.42 Å². The Morgan fingerprint density at radius 1 is 0.966 bits per heavy atom. The predicted molar refractivity (Wildman–Crippen MR) is 111 cm³/mol. The van der Waals surface area contributed by atoms with Crippen molar-refractivity contribution < 1.29 is 14.0 Å². The van der Waals surface area contributed by atoms with E-state index in [1.807, 2.05) is 43.3 Å². The summed E-state index contributed by atoms with van der Waals surface area (Å²) >= 11 is 0. The van der Waals surface area contributed by atoms with Gasteiger partial charge in [-0.05, 0) is 62.4 Å². The molecule has 2 amide bonds. The minimum Gasteiger partial charge on any atom is -0.451 e. The number of hydrazine groups is 1. The van der Waals surface area contributed by atoms with E-state index in [1.54, 1.807) is 6.07 Å². The molecule has 0 bridgehead atoms. The molecular formula is C23H21N3O3. The molecule has 2 aromatic carbocycles. The molecule has 1 aliphatic rings. The van der Waals surface area contributed by atoms with Crippen LogP contribution >= 0.6 is 0 Å². The van der Waals surface area contributed by atoms with Crippen molar-refractivity contribution in [3.05, 3.63) is 70.6 Å². The van der Waals surface area contributed by atoms with Crippen LogP contribution in [0.5, 0.6) is 0 Å². The van der Waals surface area contributed by atoms with Crippen molar-refractivity contribution in [2.24, 2.45) is 0 Å². The topological polar surface area (TPSA) is 87.1 Å². The quantitative estimate of drug-likeness (QED) is 0.451. The van der Waals surface area contributed by atoms with E-state index in [2.05, 4.69) is 15.8 Å². The van der Waals surface area contributed by atoms with Gasteiger partial charge in [-0.25, -0.2) is 0 Å². The van der Waals surface area contributed by atoms with Crippen LogP contribution in [-0.2, 0) is 12.8 Å². The summed E-state index contributed by atoms with van der Waals surface area (Å²) in [4.78, 5) is 28.6. The summed E-state index contributed by atoms with van der Waals surface area (Å²) in [6, 6.07) is 13.0. The van der Waals surface area contributed by atoms with E-state index < -0.39 is 5.91 Å². The monoisotopic (exact) mass is 387 g/mol. The average Bonchev–Trinajstić information content (AvgIpc) is 3.29. The van der Waals surface area contributed by atoms with Crippen LogP contribution in [0.3, 0.4) is 0 Å². The fourth-order valence-corrected chi connectivity index (χ4v) is 4.18. The first-order valence-electron chi connectivity index (χ1n) is 9.84. The summed E-state index contributed by atoms with van der Waals surface area (Å²) < 4.78 is 5.64. The average molecular weight is 387 g/mol. The van der Waals surface area contributed by atoms with Crippen LogP contribution in [0.25, 0.3) is 21.9 Å². The molecule has 2 heterocycles. The van der Waals surface area contributed by atoms with E-state index in [0.29, 0.717) is 11.1 Å².